The van der Waals surface area contributed by atoms with Crippen molar-refractivity contribution < 1.29 is 14.6 Å². The van der Waals surface area contributed by atoms with Crippen LogP contribution in [0.25, 0.3) is 0 Å². The highest BCUT2D eigenvalue weighted by atomic mass is 16.5. The van der Waals surface area contributed by atoms with Crippen LogP contribution in [0.2, 0.25) is 0 Å². The number of aliphatic hydroxyl groups is 1. The Morgan fingerprint density at radius 1 is 1.47 bits per heavy atom. The zero-order valence-corrected chi connectivity index (χ0v) is 10.1. The molecule has 0 aliphatic carbocycles. The van der Waals surface area contributed by atoms with E-state index in [2.05, 4.69) is 10.6 Å². The number of nitrogens with one attached hydrogen (secondary N) is 2. The number of amides is 2. The summed E-state index contributed by atoms with van der Waals surface area (Å²) in [6.07, 6.45) is 0. The van der Waals surface area contributed by atoms with E-state index in [0.717, 1.165) is 5.56 Å². The minimum atomic E-state index is -0.338. The van der Waals surface area contributed by atoms with Crippen molar-refractivity contribution in [2.24, 2.45) is 0 Å². The van der Waals surface area contributed by atoms with Crippen molar-refractivity contribution >= 4 is 11.7 Å². The molecule has 0 saturated heterocycles. The van der Waals surface area contributed by atoms with Crippen LogP contribution in [0.5, 0.6) is 0 Å². The highest BCUT2D eigenvalue weighted by Gasteiger charge is 2.08. The van der Waals surface area contributed by atoms with Gasteiger partial charge in [-0.05, 0) is 13.0 Å². The Labute approximate surface area is 101 Å². The summed E-state index contributed by atoms with van der Waals surface area (Å²) < 4.78 is 5.04. The van der Waals surface area contributed by atoms with Gasteiger partial charge in [-0.2, -0.15) is 0 Å². The van der Waals surface area contributed by atoms with Crippen molar-refractivity contribution in [1.29, 1.82) is 0 Å². The number of carbonyl (C=O) groups excluding carboxylic acids is 1. The molecular weight excluding hydrogens is 220 g/mol. The van der Waals surface area contributed by atoms with Gasteiger partial charge in [0.05, 0.1) is 19.3 Å². The molecule has 17 heavy (non-hydrogen) atoms. The molecule has 5 heteroatoms. The molecule has 2 amide bonds. The minimum absolute atomic E-state index is 0.0901. The first-order valence-electron chi connectivity index (χ1n) is 5.42. The van der Waals surface area contributed by atoms with Crippen LogP contribution < -0.4 is 10.6 Å². The average Bonchev–Trinajstić information content (AvgIpc) is 2.31. The summed E-state index contributed by atoms with van der Waals surface area (Å²) in [4.78, 5) is 11.6. The number of methoxy groups -OCH3 is 1. The van der Waals surface area contributed by atoms with Gasteiger partial charge in [0, 0.05) is 18.4 Å². The lowest BCUT2D eigenvalue weighted by atomic mass is 10.2. The molecule has 1 unspecified atom stereocenters. The maximum absolute atomic E-state index is 11.6. The Kier molecular flexibility index (Phi) is 5.45. The van der Waals surface area contributed by atoms with E-state index in [1.54, 1.807) is 20.1 Å². The summed E-state index contributed by atoms with van der Waals surface area (Å²) in [5, 5.41) is 14.2. The molecule has 1 aromatic rings. The maximum atomic E-state index is 11.6. The number of ether oxygens (including phenoxy) is 1. The van der Waals surface area contributed by atoms with E-state index in [9.17, 15) is 4.79 Å². The van der Waals surface area contributed by atoms with E-state index in [-0.39, 0.29) is 18.7 Å². The second-order valence-electron chi connectivity index (χ2n) is 3.77. The highest BCUT2D eigenvalue weighted by molar-refractivity contribution is 5.90. The van der Waals surface area contributed by atoms with E-state index in [1.807, 2.05) is 18.2 Å². The fraction of sp³-hybridized carbons (Fsp3) is 0.417. The van der Waals surface area contributed by atoms with E-state index >= 15 is 0 Å². The molecule has 0 aromatic heterocycles. The van der Waals surface area contributed by atoms with Gasteiger partial charge in [0.25, 0.3) is 0 Å². The van der Waals surface area contributed by atoms with Crippen LogP contribution in [0.3, 0.4) is 0 Å². The second-order valence-corrected chi connectivity index (χ2v) is 3.77. The standard InChI is InChI=1S/C12H18N2O3/c1-9(7-15)13-12(16)14-11-6-4-3-5-10(11)8-17-2/h3-6,9,15H,7-8H2,1-2H3,(H2,13,14,16). The van der Waals surface area contributed by atoms with Gasteiger partial charge in [-0.25, -0.2) is 4.79 Å². The largest absolute Gasteiger partial charge is 0.394 e. The number of aliphatic hydroxyl groups excluding tert-OH is 1. The van der Waals surface area contributed by atoms with Crippen molar-refractivity contribution in [3.63, 3.8) is 0 Å². The fourth-order valence-corrected chi connectivity index (χ4v) is 1.35. The van der Waals surface area contributed by atoms with Crippen molar-refractivity contribution in [2.75, 3.05) is 19.0 Å². The monoisotopic (exact) mass is 238 g/mol. The first kappa shape index (κ1) is 13.5. The predicted octanol–water partition coefficient (Wildman–Crippen LogP) is 1.34. The molecule has 1 rings (SSSR count). The van der Waals surface area contributed by atoms with Gasteiger partial charge >= 0.3 is 6.03 Å². The third-order valence-corrected chi connectivity index (χ3v) is 2.22. The van der Waals surface area contributed by atoms with E-state index in [4.69, 9.17) is 9.84 Å². The van der Waals surface area contributed by atoms with Crippen LogP contribution in [-0.4, -0.2) is 30.9 Å². The molecule has 94 valence electrons. The lowest BCUT2D eigenvalue weighted by molar-refractivity contribution is 0.185. The molecule has 0 spiro atoms. The Bertz CT molecular complexity index is 369. The Morgan fingerprint density at radius 2 is 2.18 bits per heavy atom. The third-order valence-electron chi connectivity index (χ3n) is 2.22. The fourth-order valence-electron chi connectivity index (χ4n) is 1.35. The number of carbonyl (C=O) groups is 1. The Balaban J connectivity index is 2.64. The SMILES string of the molecule is COCc1ccccc1NC(=O)NC(C)CO. The summed E-state index contributed by atoms with van der Waals surface area (Å²) >= 11 is 0. The molecule has 0 radical (unpaired) electrons. The number of hydrogen-bond acceptors (Lipinski definition) is 3. The predicted molar refractivity (Wildman–Crippen MR) is 65.9 cm³/mol. The van der Waals surface area contributed by atoms with Crippen molar-refractivity contribution in [2.45, 2.75) is 19.6 Å². The van der Waals surface area contributed by atoms with Crippen LogP contribution in [0.1, 0.15) is 12.5 Å². The Morgan fingerprint density at radius 3 is 2.82 bits per heavy atom. The molecule has 1 aromatic carbocycles. The van der Waals surface area contributed by atoms with E-state index in [0.29, 0.717) is 12.3 Å². The first-order chi connectivity index (χ1) is 8.17. The van der Waals surface area contributed by atoms with Crippen molar-refractivity contribution in [3.05, 3.63) is 29.8 Å². The number of anilines is 1. The van der Waals surface area contributed by atoms with E-state index < -0.39 is 0 Å². The quantitative estimate of drug-likeness (QED) is 0.725. The molecule has 0 aliphatic rings. The maximum Gasteiger partial charge on any atom is 0.319 e. The number of rotatable bonds is 5. The number of benzene rings is 1. The Hall–Kier alpha value is -1.59. The van der Waals surface area contributed by atoms with Gasteiger partial charge in [-0.15, -0.1) is 0 Å². The average molecular weight is 238 g/mol. The molecule has 0 saturated carbocycles. The van der Waals surface area contributed by atoms with Crippen LogP contribution in [-0.2, 0) is 11.3 Å². The molecule has 1 atom stereocenters. The normalized spacial score (nSPS) is 11.9. The van der Waals surface area contributed by atoms with Gasteiger partial charge in [-0.1, -0.05) is 18.2 Å². The molecule has 5 nitrogen and oxygen atoms in total. The number of urea groups is 1. The zero-order chi connectivity index (χ0) is 12.7. The van der Waals surface area contributed by atoms with Crippen molar-refractivity contribution in [3.8, 4) is 0 Å². The molecule has 0 bridgehead atoms. The molecule has 3 N–H and O–H groups in total. The van der Waals surface area contributed by atoms with Gasteiger partial charge in [0.15, 0.2) is 0 Å². The minimum Gasteiger partial charge on any atom is -0.394 e. The zero-order valence-electron chi connectivity index (χ0n) is 10.1. The van der Waals surface area contributed by atoms with Gasteiger partial charge in [0.1, 0.15) is 0 Å². The smallest absolute Gasteiger partial charge is 0.319 e. The number of hydrogen-bond donors (Lipinski definition) is 3. The van der Waals surface area contributed by atoms with Gasteiger partial charge in [0.2, 0.25) is 0 Å². The topological polar surface area (TPSA) is 70.6 Å². The summed E-state index contributed by atoms with van der Waals surface area (Å²) in [5.74, 6) is 0. The molecule has 0 heterocycles. The van der Waals surface area contributed by atoms with E-state index in [1.165, 1.54) is 0 Å². The lowest BCUT2D eigenvalue weighted by Gasteiger charge is -2.14. The first-order valence-corrected chi connectivity index (χ1v) is 5.42. The molecule has 0 aliphatic heterocycles. The van der Waals surface area contributed by atoms with Crippen LogP contribution in [0.4, 0.5) is 10.5 Å². The van der Waals surface area contributed by atoms with Crippen LogP contribution >= 0.6 is 0 Å². The third kappa shape index (κ3) is 4.42. The summed E-state index contributed by atoms with van der Waals surface area (Å²) in [7, 11) is 1.60. The molecule has 0 fully saturated rings. The summed E-state index contributed by atoms with van der Waals surface area (Å²) in [6.45, 7) is 2.07. The van der Waals surface area contributed by atoms with Crippen molar-refractivity contribution in [1.82, 2.24) is 5.32 Å². The molecular formula is C12H18N2O3. The summed E-state index contributed by atoms with van der Waals surface area (Å²) in [5.41, 5.74) is 1.61. The highest BCUT2D eigenvalue weighted by Crippen LogP contribution is 2.15. The van der Waals surface area contributed by atoms with Crippen LogP contribution in [0, 0.1) is 0 Å². The second kappa shape index (κ2) is 6.88. The van der Waals surface area contributed by atoms with Crippen LogP contribution in [0.15, 0.2) is 24.3 Å². The van der Waals surface area contributed by atoms with Gasteiger partial charge < -0.3 is 20.5 Å². The van der Waals surface area contributed by atoms with Gasteiger partial charge in [-0.3, -0.25) is 0 Å². The summed E-state index contributed by atoms with van der Waals surface area (Å²) in [6, 6.07) is 6.80. The lowest BCUT2D eigenvalue weighted by Crippen LogP contribution is -2.38. The number of para-hydroxylation sites is 1.